The number of nitrogen functional groups attached to an aromatic ring is 1. The normalized spacial score (nSPS) is 12.4. The van der Waals surface area contributed by atoms with Gasteiger partial charge in [0.1, 0.15) is 23.7 Å². The summed E-state index contributed by atoms with van der Waals surface area (Å²) in [6, 6.07) is 14.3. The van der Waals surface area contributed by atoms with Crippen molar-refractivity contribution < 1.29 is 4.39 Å². The largest absolute Gasteiger partial charge is 0.383 e. The van der Waals surface area contributed by atoms with Gasteiger partial charge in [0, 0.05) is 41.5 Å². The van der Waals surface area contributed by atoms with Crippen molar-refractivity contribution >= 4 is 27.8 Å². The highest BCUT2D eigenvalue weighted by Crippen LogP contribution is 2.36. The van der Waals surface area contributed by atoms with Gasteiger partial charge in [0.05, 0.1) is 23.1 Å². The van der Waals surface area contributed by atoms with E-state index in [1.807, 2.05) is 53.8 Å². The molecule has 9 heteroatoms. The van der Waals surface area contributed by atoms with E-state index in [1.54, 1.807) is 30.6 Å². The molecule has 0 saturated carbocycles. The van der Waals surface area contributed by atoms with Crippen LogP contribution in [0, 0.1) is 5.82 Å². The first-order chi connectivity index (χ1) is 17.0. The molecule has 0 amide bonds. The zero-order chi connectivity index (χ0) is 24.1. The van der Waals surface area contributed by atoms with Gasteiger partial charge in [0.15, 0.2) is 5.65 Å². The molecule has 0 spiro atoms. The molecule has 6 aromatic rings. The number of hydrogen-bond donors (Lipinski definition) is 1. The van der Waals surface area contributed by atoms with E-state index in [0.29, 0.717) is 33.7 Å². The number of nitrogens with zero attached hydrogens (tertiary/aromatic N) is 7. The second kappa shape index (κ2) is 7.98. The highest BCUT2D eigenvalue weighted by Gasteiger charge is 2.23. The zero-order valence-electron chi connectivity index (χ0n) is 19.1. The van der Waals surface area contributed by atoms with Crippen molar-refractivity contribution in [3.05, 3.63) is 84.8 Å². The quantitative estimate of drug-likeness (QED) is 0.403. The van der Waals surface area contributed by atoms with Gasteiger partial charge in [-0.05, 0) is 30.7 Å². The van der Waals surface area contributed by atoms with E-state index < -0.39 is 0 Å². The topological polar surface area (TPSA) is 100 Å². The Morgan fingerprint density at radius 1 is 0.971 bits per heavy atom. The predicted molar refractivity (Wildman–Crippen MR) is 133 cm³/mol. The van der Waals surface area contributed by atoms with Crippen LogP contribution in [0.25, 0.3) is 44.3 Å². The Balaban J connectivity index is 1.53. The SMILES string of the molecule is CC(c1cncc(-c2ccccc2F)c1)n1nc(-c2cccc3c2cnn3C)c2c(N)ncnc21. The minimum atomic E-state index is -0.295. The maximum Gasteiger partial charge on any atom is 0.164 e. The van der Waals surface area contributed by atoms with E-state index in [-0.39, 0.29) is 11.9 Å². The van der Waals surface area contributed by atoms with Crippen LogP contribution in [0.2, 0.25) is 0 Å². The molecule has 0 aliphatic heterocycles. The third-order valence-corrected chi connectivity index (χ3v) is 6.36. The van der Waals surface area contributed by atoms with Crippen LogP contribution in [0.3, 0.4) is 0 Å². The Hall–Kier alpha value is -4.66. The first kappa shape index (κ1) is 20.9. The maximum absolute atomic E-state index is 14.4. The lowest BCUT2D eigenvalue weighted by Gasteiger charge is -2.14. The molecule has 0 fully saturated rings. The molecule has 0 saturated heterocycles. The summed E-state index contributed by atoms with van der Waals surface area (Å²) in [6.07, 6.45) is 6.67. The number of nitrogens with two attached hydrogens (primary N) is 1. The average molecular weight is 465 g/mol. The monoisotopic (exact) mass is 464 g/mol. The van der Waals surface area contributed by atoms with Crippen molar-refractivity contribution in [3.8, 4) is 22.4 Å². The van der Waals surface area contributed by atoms with Crippen molar-refractivity contribution in [2.24, 2.45) is 7.05 Å². The molecule has 4 heterocycles. The van der Waals surface area contributed by atoms with Gasteiger partial charge >= 0.3 is 0 Å². The Kier molecular flexibility index (Phi) is 4.77. The van der Waals surface area contributed by atoms with Gasteiger partial charge in [0.2, 0.25) is 0 Å². The van der Waals surface area contributed by atoms with Gasteiger partial charge in [-0.25, -0.2) is 19.0 Å². The summed E-state index contributed by atoms with van der Waals surface area (Å²) in [7, 11) is 1.90. The molecule has 35 heavy (non-hydrogen) atoms. The van der Waals surface area contributed by atoms with Crippen LogP contribution in [0.5, 0.6) is 0 Å². The summed E-state index contributed by atoms with van der Waals surface area (Å²) in [5, 5.41) is 11.0. The Bertz CT molecular complexity index is 1720. The molecule has 1 atom stereocenters. The molecule has 2 N–H and O–H groups in total. The molecular weight excluding hydrogens is 443 g/mol. The number of aryl methyl sites for hydroxylation is 1. The van der Waals surface area contributed by atoms with Crippen molar-refractivity contribution in [1.29, 1.82) is 0 Å². The molecular formula is C26H21FN8. The summed E-state index contributed by atoms with van der Waals surface area (Å²) in [5.41, 5.74) is 11.5. The van der Waals surface area contributed by atoms with Gasteiger partial charge in [0.25, 0.3) is 0 Å². The first-order valence-corrected chi connectivity index (χ1v) is 11.1. The lowest BCUT2D eigenvalue weighted by molar-refractivity contribution is 0.579. The molecule has 4 aromatic heterocycles. The number of pyridine rings is 1. The Labute approximate surface area is 199 Å². The van der Waals surface area contributed by atoms with Crippen LogP contribution in [0.15, 0.2) is 73.4 Å². The van der Waals surface area contributed by atoms with Crippen LogP contribution in [0.4, 0.5) is 10.2 Å². The second-order valence-corrected chi connectivity index (χ2v) is 8.42. The van der Waals surface area contributed by atoms with Crippen LogP contribution >= 0.6 is 0 Å². The number of aromatic nitrogens is 7. The van der Waals surface area contributed by atoms with Crippen molar-refractivity contribution in [3.63, 3.8) is 0 Å². The lowest BCUT2D eigenvalue weighted by atomic mass is 10.0. The van der Waals surface area contributed by atoms with E-state index >= 15 is 0 Å². The van der Waals surface area contributed by atoms with Gasteiger partial charge in [-0.3, -0.25) is 9.67 Å². The van der Waals surface area contributed by atoms with Crippen LogP contribution in [-0.2, 0) is 7.05 Å². The predicted octanol–water partition coefficient (Wildman–Crippen LogP) is 4.77. The molecule has 0 bridgehead atoms. The number of hydrogen-bond acceptors (Lipinski definition) is 6. The number of benzene rings is 2. The minimum absolute atomic E-state index is 0.257. The van der Waals surface area contributed by atoms with E-state index in [2.05, 4.69) is 20.1 Å². The van der Waals surface area contributed by atoms with Crippen LogP contribution in [0.1, 0.15) is 18.5 Å². The highest BCUT2D eigenvalue weighted by atomic mass is 19.1. The molecule has 1 unspecified atom stereocenters. The molecule has 8 nitrogen and oxygen atoms in total. The van der Waals surface area contributed by atoms with Crippen LogP contribution in [-0.4, -0.2) is 34.5 Å². The van der Waals surface area contributed by atoms with E-state index in [1.165, 1.54) is 12.4 Å². The molecule has 172 valence electrons. The molecule has 0 aliphatic rings. The Morgan fingerprint density at radius 2 is 1.80 bits per heavy atom. The molecule has 0 aliphatic carbocycles. The lowest BCUT2D eigenvalue weighted by Crippen LogP contribution is -2.10. The van der Waals surface area contributed by atoms with E-state index in [9.17, 15) is 4.39 Å². The van der Waals surface area contributed by atoms with Gasteiger partial charge in [-0.15, -0.1) is 0 Å². The standard InChI is InChI=1S/C26H21FN8/c1-15(16-10-17(12-29-11-16)18-6-3-4-8-21(18)27)35-26-23(25(28)30-14-31-26)24(33-35)19-7-5-9-22-20(19)13-32-34(22)2/h3-15H,1-2H3,(H2,28,30,31). The van der Waals surface area contributed by atoms with E-state index in [0.717, 1.165) is 22.0 Å². The van der Waals surface area contributed by atoms with Crippen LogP contribution < -0.4 is 5.73 Å². The molecule has 6 rings (SSSR count). The summed E-state index contributed by atoms with van der Waals surface area (Å²) in [6.45, 7) is 2.00. The number of fused-ring (bicyclic) bond motifs is 2. The van der Waals surface area contributed by atoms with Crippen molar-refractivity contribution in [2.75, 3.05) is 5.73 Å². The summed E-state index contributed by atoms with van der Waals surface area (Å²) in [5.74, 6) is 0.0542. The zero-order valence-corrected chi connectivity index (χ0v) is 19.1. The minimum Gasteiger partial charge on any atom is -0.383 e. The summed E-state index contributed by atoms with van der Waals surface area (Å²) in [4.78, 5) is 13.1. The Morgan fingerprint density at radius 3 is 2.66 bits per heavy atom. The van der Waals surface area contributed by atoms with Gasteiger partial charge in [-0.2, -0.15) is 10.2 Å². The number of anilines is 1. The van der Waals surface area contributed by atoms with Crippen molar-refractivity contribution in [1.82, 2.24) is 34.5 Å². The fourth-order valence-electron chi connectivity index (χ4n) is 4.51. The van der Waals surface area contributed by atoms with Gasteiger partial charge < -0.3 is 5.73 Å². The summed E-state index contributed by atoms with van der Waals surface area (Å²) < 4.78 is 18.1. The van der Waals surface area contributed by atoms with E-state index in [4.69, 9.17) is 10.8 Å². The average Bonchev–Trinajstić information content (AvgIpc) is 3.46. The van der Waals surface area contributed by atoms with Crippen molar-refractivity contribution in [2.45, 2.75) is 13.0 Å². The third-order valence-electron chi connectivity index (χ3n) is 6.36. The molecule has 2 aromatic carbocycles. The molecule has 0 radical (unpaired) electrons. The number of halogens is 1. The highest BCUT2D eigenvalue weighted by molar-refractivity contribution is 6.05. The fraction of sp³-hybridized carbons (Fsp3) is 0.115. The maximum atomic E-state index is 14.4. The first-order valence-electron chi connectivity index (χ1n) is 11.1. The number of rotatable bonds is 4. The summed E-state index contributed by atoms with van der Waals surface area (Å²) >= 11 is 0. The second-order valence-electron chi connectivity index (χ2n) is 8.42. The fourth-order valence-corrected chi connectivity index (χ4v) is 4.51. The van der Waals surface area contributed by atoms with Gasteiger partial charge in [-0.1, -0.05) is 30.3 Å². The third kappa shape index (κ3) is 3.31. The smallest absolute Gasteiger partial charge is 0.164 e.